The fraction of sp³-hybridized carbons (Fsp3) is 0.238. The Morgan fingerprint density at radius 2 is 2.04 bits per heavy atom. The van der Waals surface area contributed by atoms with Crippen molar-refractivity contribution in [3.63, 3.8) is 0 Å². The minimum atomic E-state index is -0.447. The third kappa shape index (κ3) is 3.43. The lowest BCUT2D eigenvalue weighted by Gasteiger charge is -2.12. The molecule has 1 fully saturated rings. The van der Waals surface area contributed by atoms with Crippen molar-refractivity contribution in [2.24, 2.45) is 0 Å². The number of hydrogen-bond acceptors (Lipinski definition) is 2. The van der Waals surface area contributed by atoms with Crippen molar-refractivity contribution in [3.8, 4) is 11.3 Å². The summed E-state index contributed by atoms with van der Waals surface area (Å²) in [6.45, 7) is 2.41. The molecule has 1 aliphatic heterocycles. The van der Waals surface area contributed by atoms with Crippen molar-refractivity contribution in [1.82, 2.24) is 15.6 Å². The summed E-state index contributed by atoms with van der Waals surface area (Å²) >= 11 is 6.33. The van der Waals surface area contributed by atoms with Crippen molar-refractivity contribution in [2.45, 2.75) is 32.4 Å². The number of H-pyrrole nitrogens is 1. The fourth-order valence-corrected chi connectivity index (χ4v) is 3.85. The molecule has 6 heteroatoms. The molecule has 27 heavy (non-hydrogen) atoms. The largest absolute Gasteiger partial charge is 0.354 e. The van der Waals surface area contributed by atoms with Gasteiger partial charge in [-0.2, -0.15) is 0 Å². The van der Waals surface area contributed by atoms with E-state index in [2.05, 4.69) is 34.7 Å². The second kappa shape index (κ2) is 7.08. The van der Waals surface area contributed by atoms with Gasteiger partial charge < -0.3 is 15.6 Å². The number of fused-ring (bicyclic) bond motifs is 1. The molecule has 2 aromatic carbocycles. The Labute approximate surface area is 162 Å². The number of aromatic amines is 1. The summed E-state index contributed by atoms with van der Waals surface area (Å²) in [6.07, 6.45) is 0.936. The molecular formula is C21H20ClN3O2. The Bertz CT molecular complexity index is 1030. The number of carbonyl (C=O) groups excluding carboxylic acids is 2. The van der Waals surface area contributed by atoms with Gasteiger partial charge in [0.2, 0.25) is 11.8 Å². The highest BCUT2D eigenvalue weighted by atomic mass is 35.5. The predicted molar refractivity (Wildman–Crippen MR) is 106 cm³/mol. The topological polar surface area (TPSA) is 74.0 Å². The Balaban J connectivity index is 1.64. The van der Waals surface area contributed by atoms with Crippen molar-refractivity contribution in [2.75, 3.05) is 0 Å². The van der Waals surface area contributed by atoms with E-state index in [1.807, 2.05) is 30.3 Å². The minimum absolute atomic E-state index is 0.0761. The second-order valence-corrected chi connectivity index (χ2v) is 7.29. The molecule has 2 heterocycles. The fourth-order valence-electron chi connectivity index (χ4n) is 3.61. The zero-order valence-corrected chi connectivity index (χ0v) is 15.7. The van der Waals surface area contributed by atoms with Crippen molar-refractivity contribution < 1.29 is 9.59 Å². The third-order valence-electron chi connectivity index (χ3n) is 5.04. The van der Waals surface area contributed by atoms with Crippen LogP contribution in [0, 0.1) is 6.92 Å². The molecule has 1 aliphatic rings. The number of carbonyl (C=O) groups is 2. The number of rotatable bonds is 4. The molecular weight excluding hydrogens is 362 g/mol. The van der Waals surface area contributed by atoms with Gasteiger partial charge >= 0.3 is 0 Å². The number of halogens is 1. The molecule has 0 aliphatic carbocycles. The molecule has 1 atom stereocenters. The van der Waals surface area contributed by atoms with Crippen molar-refractivity contribution in [1.29, 1.82) is 0 Å². The Kier molecular flexibility index (Phi) is 4.62. The van der Waals surface area contributed by atoms with Gasteiger partial charge in [-0.1, -0.05) is 41.9 Å². The Morgan fingerprint density at radius 1 is 1.26 bits per heavy atom. The third-order valence-corrected chi connectivity index (χ3v) is 5.26. The maximum absolute atomic E-state index is 12.3. The first kappa shape index (κ1) is 17.6. The van der Waals surface area contributed by atoms with Crippen molar-refractivity contribution >= 4 is 34.3 Å². The molecule has 0 unspecified atom stereocenters. The summed E-state index contributed by atoms with van der Waals surface area (Å²) in [5.41, 5.74) is 5.15. The smallest absolute Gasteiger partial charge is 0.242 e. The molecule has 0 bridgehead atoms. The van der Waals surface area contributed by atoms with Crippen molar-refractivity contribution in [3.05, 3.63) is 58.6 Å². The molecule has 4 rings (SSSR count). The number of nitrogens with one attached hydrogen (secondary N) is 3. The molecule has 0 radical (unpaired) electrons. The van der Waals surface area contributed by atoms with E-state index < -0.39 is 6.04 Å². The van der Waals surface area contributed by atoms with Gasteiger partial charge in [0.15, 0.2) is 0 Å². The molecule has 1 aromatic heterocycles. The molecule has 5 nitrogen and oxygen atoms in total. The summed E-state index contributed by atoms with van der Waals surface area (Å²) in [6, 6.07) is 13.5. The van der Waals surface area contributed by atoms with Crippen LogP contribution in [0.4, 0.5) is 0 Å². The lowest BCUT2D eigenvalue weighted by molar-refractivity contribution is -0.125. The van der Waals surface area contributed by atoms with Crippen LogP contribution in [0.15, 0.2) is 42.5 Å². The summed E-state index contributed by atoms with van der Waals surface area (Å²) in [5.74, 6) is -0.242. The zero-order chi connectivity index (χ0) is 19.0. The van der Waals surface area contributed by atoms with Gasteiger partial charge in [-0.05, 0) is 42.2 Å². The predicted octanol–water partition coefficient (Wildman–Crippen LogP) is 3.69. The van der Waals surface area contributed by atoms with Gasteiger partial charge in [-0.3, -0.25) is 9.59 Å². The summed E-state index contributed by atoms with van der Waals surface area (Å²) in [7, 11) is 0. The summed E-state index contributed by atoms with van der Waals surface area (Å²) < 4.78 is 0. The SMILES string of the molecule is Cc1c(-c2ccccc2)[nH]c2c(CNC(=O)[C@@H]3CCC(=O)N3)cc(Cl)cc12. The number of benzene rings is 2. The van der Waals surface area contributed by atoms with Gasteiger partial charge in [0.1, 0.15) is 6.04 Å². The molecule has 0 spiro atoms. The number of aromatic nitrogens is 1. The Hall–Kier alpha value is -2.79. The van der Waals surface area contributed by atoms with Gasteiger partial charge in [0, 0.05) is 29.1 Å². The van der Waals surface area contributed by atoms with Crippen LogP contribution < -0.4 is 10.6 Å². The van der Waals surface area contributed by atoms with Gasteiger partial charge in [0.05, 0.1) is 5.52 Å². The summed E-state index contributed by atoms with van der Waals surface area (Å²) in [5, 5.41) is 7.27. The standard InChI is InChI=1S/C21H20ClN3O2/c1-12-16-10-15(22)9-14(11-23-21(27)17-7-8-18(26)24-17)20(16)25-19(12)13-5-3-2-4-6-13/h2-6,9-10,17,25H,7-8,11H2,1H3,(H,23,27)(H,24,26)/t17-/m0/s1. The maximum atomic E-state index is 12.3. The van der Waals surface area contributed by atoms with E-state index in [0.29, 0.717) is 24.4 Å². The van der Waals surface area contributed by atoms with E-state index in [9.17, 15) is 9.59 Å². The molecule has 138 valence electrons. The highest BCUT2D eigenvalue weighted by Gasteiger charge is 2.27. The normalized spacial score (nSPS) is 16.5. The highest BCUT2D eigenvalue weighted by molar-refractivity contribution is 6.31. The average Bonchev–Trinajstić information content (AvgIpc) is 3.24. The lowest BCUT2D eigenvalue weighted by atomic mass is 10.1. The first-order valence-corrected chi connectivity index (χ1v) is 9.34. The van der Waals surface area contributed by atoms with Gasteiger partial charge in [-0.15, -0.1) is 0 Å². The van der Waals surface area contributed by atoms with Crippen LogP contribution in [-0.4, -0.2) is 22.8 Å². The monoisotopic (exact) mass is 381 g/mol. The first-order chi connectivity index (χ1) is 13.0. The number of amides is 2. The molecule has 3 aromatic rings. The van der Waals surface area contributed by atoms with Crippen LogP contribution in [0.3, 0.4) is 0 Å². The maximum Gasteiger partial charge on any atom is 0.242 e. The van der Waals surface area contributed by atoms with Crippen LogP contribution in [0.2, 0.25) is 5.02 Å². The van der Waals surface area contributed by atoms with Crippen LogP contribution in [0.5, 0.6) is 0 Å². The molecule has 2 amide bonds. The van der Waals surface area contributed by atoms with E-state index in [0.717, 1.165) is 33.3 Å². The van der Waals surface area contributed by atoms with E-state index >= 15 is 0 Å². The summed E-state index contributed by atoms with van der Waals surface area (Å²) in [4.78, 5) is 27.1. The second-order valence-electron chi connectivity index (χ2n) is 6.86. The van der Waals surface area contributed by atoms with Crippen LogP contribution in [0.25, 0.3) is 22.2 Å². The number of aryl methyl sites for hydroxylation is 1. The number of hydrogen-bond donors (Lipinski definition) is 3. The Morgan fingerprint density at radius 3 is 2.74 bits per heavy atom. The van der Waals surface area contributed by atoms with Gasteiger partial charge in [0.25, 0.3) is 0 Å². The minimum Gasteiger partial charge on any atom is -0.354 e. The van der Waals surface area contributed by atoms with E-state index in [-0.39, 0.29) is 11.8 Å². The highest BCUT2D eigenvalue weighted by Crippen LogP contribution is 2.33. The molecule has 1 saturated heterocycles. The molecule has 0 saturated carbocycles. The average molecular weight is 382 g/mol. The van der Waals surface area contributed by atoms with Crippen LogP contribution >= 0.6 is 11.6 Å². The van der Waals surface area contributed by atoms with Gasteiger partial charge in [-0.25, -0.2) is 0 Å². The molecule has 3 N–H and O–H groups in total. The van der Waals surface area contributed by atoms with E-state index in [1.54, 1.807) is 0 Å². The quantitative estimate of drug-likeness (QED) is 0.644. The lowest BCUT2D eigenvalue weighted by Crippen LogP contribution is -2.41. The first-order valence-electron chi connectivity index (χ1n) is 8.96. The van der Waals surface area contributed by atoms with E-state index in [1.165, 1.54) is 0 Å². The zero-order valence-electron chi connectivity index (χ0n) is 14.9. The van der Waals surface area contributed by atoms with E-state index in [4.69, 9.17) is 11.6 Å². The van der Waals surface area contributed by atoms with Crippen LogP contribution in [-0.2, 0) is 16.1 Å². The van der Waals surface area contributed by atoms with Crippen LogP contribution in [0.1, 0.15) is 24.0 Å².